The van der Waals surface area contributed by atoms with Crippen molar-refractivity contribution in [1.82, 2.24) is 10.2 Å². The standard InChI is InChI=1S/C24H26N2O2/c1-26(2)17-20-6-4-19(5-7-20)16-25-24(27)13-9-18-8-10-22-15-23(28-3)12-11-21(22)14-18/h4-15H,16-17H2,1-3H3,(H,25,27)/b13-9+. The summed E-state index contributed by atoms with van der Waals surface area (Å²) in [4.78, 5) is 14.3. The van der Waals surface area contributed by atoms with Crippen LogP contribution in [0.15, 0.2) is 66.7 Å². The van der Waals surface area contributed by atoms with E-state index in [9.17, 15) is 4.79 Å². The number of hydrogen-bond donors (Lipinski definition) is 1. The van der Waals surface area contributed by atoms with E-state index in [2.05, 4.69) is 40.5 Å². The van der Waals surface area contributed by atoms with Gasteiger partial charge in [0, 0.05) is 19.2 Å². The van der Waals surface area contributed by atoms with Gasteiger partial charge >= 0.3 is 0 Å². The summed E-state index contributed by atoms with van der Waals surface area (Å²) in [7, 11) is 5.76. The Morgan fingerprint density at radius 2 is 1.64 bits per heavy atom. The van der Waals surface area contributed by atoms with Crippen LogP contribution in [0.1, 0.15) is 16.7 Å². The average molecular weight is 374 g/mol. The number of rotatable bonds is 7. The van der Waals surface area contributed by atoms with Crippen molar-refractivity contribution in [2.45, 2.75) is 13.1 Å². The smallest absolute Gasteiger partial charge is 0.244 e. The summed E-state index contributed by atoms with van der Waals surface area (Å²) in [6, 6.07) is 20.3. The van der Waals surface area contributed by atoms with Crippen LogP contribution in [0.3, 0.4) is 0 Å². The summed E-state index contributed by atoms with van der Waals surface area (Å²) in [5, 5.41) is 5.15. The highest BCUT2D eigenvalue weighted by Crippen LogP contribution is 2.22. The van der Waals surface area contributed by atoms with Gasteiger partial charge in [0.25, 0.3) is 0 Å². The van der Waals surface area contributed by atoms with Crippen molar-refractivity contribution in [3.05, 3.63) is 83.4 Å². The van der Waals surface area contributed by atoms with E-state index < -0.39 is 0 Å². The van der Waals surface area contributed by atoms with Crippen LogP contribution in [0.25, 0.3) is 16.8 Å². The highest BCUT2D eigenvalue weighted by molar-refractivity contribution is 5.93. The van der Waals surface area contributed by atoms with Gasteiger partial charge in [0.2, 0.25) is 5.91 Å². The number of fused-ring (bicyclic) bond motifs is 1. The maximum absolute atomic E-state index is 12.1. The Bertz CT molecular complexity index is 976. The van der Waals surface area contributed by atoms with E-state index in [0.717, 1.165) is 34.2 Å². The summed E-state index contributed by atoms with van der Waals surface area (Å²) >= 11 is 0. The van der Waals surface area contributed by atoms with E-state index in [-0.39, 0.29) is 5.91 Å². The number of methoxy groups -OCH3 is 1. The van der Waals surface area contributed by atoms with Gasteiger partial charge in [-0.3, -0.25) is 4.79 Å². The number of amides is 1. The van der Waals surface area contributed by atoms with Gasteiger partial charge in [-0.1, -0.05) is 42.5 Å². The van der Waals surface area contributed by atoms with Gasteiger partial charge in [0.1, 0.15) is 5.75 Å². The number of carbonyl (C=O) groups excluding carboxylic acids is 1. The Kier molecular flexibility index (Phi) is 6.45. The SMILES string of the molecule is COc1ccc2cc(/C=C/C(=O)NCc3ccc(CN(C)C)cc3)ccc2c1. The molecule has 1 amide bonds. The maximum atomic E-state index is 12.1. The van der Waals surface area contributed by atoms with Crippen LogP contribution in [0, 0.1) is 0 Å². The number of nitrogens with one attached hydrogen (secondary N) is 1. The van der Waals surface area contributed by atoms with Crippen LogP contribution in [0.5, 0.6) is 5.75 Å². The van der Waals surface area contributed by atoms with Crippen LogP contribution < -0.4 is 10.1 Å². The molecule has 0 unspecified atom stereocenters. The average Bonchev–Trinajstić information content (AvgIpc) is 2.70. The number of carbonyl (C=O) groups is 1. The largest absolute Gasteiger partial charge is 0.497 e. The van der Waals surface area contributed by atoms with Gasteiger partial charge in [-0.25, -0.2) is 0 Å². The van der Waals surface area contributed by atoms with Crippen LogP contribution in [0.4, 0.5) is 0 Å². The maximum Gasteiger partial charge on any atom is 0.244 e. The lowest BCUT2D eigenvalue weighted by atomic mass is 10.1. The molecule has 0 aliphatic rings. The fraction of sp³-hybridized carbons (Fsp3) is 0.208. The molecule has 0 aromatic heterocycles. The molecule has 3 aromatic rings. The monoisotopic (exact) mass is 374 g/mol. The van der Waals surface area contributed by atoms with E-state index in [1.807, 2.05) is 50.5 Å². The summed E-state index contributed by atoms with van der Waals surface area (Å²) in [5.41, 5.74) is 3.33. The van der Waals surface area contributed by atoms with E-state index in [1.54, 1.807) is 13.2 Å². The summed E-state index contributed by atoms with van der Waals surface area (Å²) in [5.74, 6) is 0.733. The van der Waals surface area contributed by atoms with Gasteiger partial charge in [0.15, 0.2) is 0 Å². The fourth-order valence-corrected chi connectivity index (χ4v) is 3.02. The molecule has 0 spiro atoms. The fourth-order valence-electron chi connectivity index (χ4n) is 3.02. The van der Waals surface area contributed by atoms with Crippen LogP contribution in [0.2, 0.25) is 0 Å². The normalized spacial score (nSPS) is 11.3. The predicted molar refractivity (Wildman–Crippen MR) is 115 cm³/mol. The third-order valence-corrected chi connectivity index (χ3v) is 4.49. The molecule has 28 heavy (non-hydrogen) atoms. The molecule has 0 heterocycles. The second-order valence-electron chi connectivity index (χ2n) is 7.08. The molecule has 0 aliphatic heterocycles. The minimum absolute atomic E-state index is 0.104. The minimum atomic E-state index is -0.104. The van der Waals surface area contributed by atoms with E-state index in [4.69, 9.17) is 4.74 Å². The zero-order valence-corrected chi connectivity index (χ0v) is 16.6. The van der Waals surface area contributed by atoms with Crippen molar-refractivity contribution in [2.24, 2.45) is 0 Å². The molecule has 1 N–H and O–H groups in total. The lowest BCUT2D eigenvalue weighted by Crippen LogP contribution is -2.20. The summed E-state index contributed by atoms with van der Waals surface area (Å²) in [6.07, 6.45) is 3.41. The lowest BCUT2D eigenvalue weighted by Gasteiger charge is -2.10. The predicted octanol–water partition coefficient (Wildman–Crippen LogP) is 4.24. The van der Waals surface area contributed by atoms with E-state index >= 15 is 0 Å². The van der Waals surface area contributed by atoms with Crippen molar-refractivity contribution in [2.75, 3.05) is 21.2 Å². The first-order chi connectivity index (χ1) is 13.5. The first-order valence-electron chi connectivity index (χ1n) is 9.30. The van der Waals surface area contributed by atoms with E-state index in [1.165, 1.54) is 5.56 Å². The molecule has 3 aromatic carbocycles. The van der Waals surface area contributed by atoms with E-state index in [0.29, 0.717) is 6.54 Å². The molecule has 0 fully saturated rings. The zero-order valence-electron chi connectivity index (χ0n) is 16.6. The minimum Gasteiger partial charge on any atom is -0.497 e. The second-order valence-corrected chi connectivity index (χ2v) is 7.08. The molecule has 0 saturated carbocycles. The van der Waals surface area contributed by atoms with Crippen LogP contribution >= 0.6 is 0 Å². The quantitative estimate of drug-likeness (QED) is 0.629. The molecule has 144 valence electrons. The molecule has 3 rings (SSSR count). The Labute approximate surface area is 166 Å². The number of benzene rings is 3. The van der Waals surface area contributed by atoms with Gasteiger partial charge in [-0.15, -0.1) is 0 Å². The molecular weight excluding hydrogens is 348 g/mol. The molecular formula is C24H26N2O2. The highest BCUT2D eigenvalue weighted by atomic mass is 16.5. The van der Waals surface area contributed by atoms with Crippen LogP contribution in [-0.2, 0) is 17.9 Å². The van der Waals surface area contributed by atoms with Gasteiger partial charge < -0.3 is 15.0 Å². The van der Waals surface area contributed by atoms with Crippen molar-refractivity contribution in [3.8, 4) is 5.75 Å². The molecule has 4 nitrogen and oxygen atoms in total. The Balaban J connectivity index is 1.56. The number of nitrogens with zero attached hydrogens (tertiary/aromatic N) is 1. The van der Waals surface area contributed by atoms with Gasteiger partial charge in [-0.2, -0.15) is 0 Å². The second kappa shape index (κ2) is 9.20. The van der Waals surface area contributed by atoms with Gasteiger partial charge in [0.05, 0.1) is 7.11 Å². The van der Waals surface area contributed by atoms with Crippen molar-refractivity contribution < 1.29 is 9.53 Å². The Hall–Kier alpha value is -3.11. The number of hydrogen-bond acceptors (Lipinski definition) is 3. The molecule has 0 saturated heterocycles. The van der Waals surface area contributed by atoms with Gasteiger partial charge in [-0.05, 0) is 65.8 Å². The lowest BCUT2D eigenvalue weighted by molar-refractivity contribution is -0.116. The molecule has 0 bridgehead atoms. The first kappa shape index (κ1) is 19.6. The van der Waals surface area contributed by atoms with Crippen molar-refractivity contribution in [3.63, 3.8) is 0 Å². The summed E-state index contributed by atoms with van der Waals surface area (Å²) in [6.45, 7) is 1.43. The summed E-state index contributed by atoms with van der Waals surface area (Å²) < 4.78 is 5.25. The Morgan fingerprint density at radius 1 is 0.964 bits per heavy atom. The van der Waals surface area contributed by atoms with Crippen LogP contribution in [-0.4, -0.2) is 32.0 Å². The van der Waals surface area contributed by atoms with Crippen molar-refractivity contribution >= 4 is 22.8 Å². The molecule has 0 atom stereocenters. The third-order valence-electron chi connectivity index (χ3n) is 4.49. The molecule has 4 heteroatoms. The Morgan fingerprint density at radius 3 is 2.36 bits per heavy atom. The zero-order chi connectivity index (χ0) is 19.9. The molecule has 0 aliphatic carbocycles. The number of ether oxygens (including phenoxy) is 1. The molecule has 0 radical (unpaired) electrons. The topological polar surface area (TPSA) is 41.6 Å². The highest BCUT2D eigenvalue weighted by Gasteiger charge is 2.00. The third kappa shape index (κ3) is 5.44. The first-order valence-corrected chi connectivity index (χ1v) is 9.30. The van der Waals surface area contributed by atoms with Crippen molar-refractivity contribution in [1.29, 1.82) is 0 Å².